The molecule has 1 aliphatic heterocycles. The fourth-order valence-electron chi connectivity index (χ4n) is 1.54. The number of ether oxygens (including phenoxy) is 1. The van der Waals surface area contributed by atoms with E-state index in [1.165, 1.54) is 0 Å². The quantitative estimate of drug-likeness (QED) is 0.553. The molecular formula is C9H12N2O5. The molecule has 88 valence electrons. The van der Waals surface area contributed by atoms with Crippen LogP contribution >= 0.6 is 0 Å². The van der Waals surface area contributed by atoms with Crippen molar-refractivity contribution in [2.75, 3.05) is 6.61 Å². The molecule has 0 radical (unpaired) electrons. The molecule has 3 N–H and O–H groups in total. The Balaban J connectivity index is 2.40. The summed E-state index contributed by atoms with van der Waals surface area (Å²) in [6.07, 6.45) is -2.79. The zero-order chi connectivity index (χ0) is 12.6. The van der Waals surface area contributed by atoms with Gasteiger partial charge in [0.05, 0.1) is 14.1 Å². The fourth-order valence-corrected chi connectivity index (χ4v) is 1.54. The minimum absolute atomic E-state index is 0.163. The second-order valence-electron chi connectivity index (χ2n) is 3.48. The smallest absolute Gasteiger partial charge is 0.330 e. The Hall–Kier alpha value is -1.44. The Morgan fingerprint density at radius 3 is 3.00 bits per heavy atom. The van der Waals surface area contributed by atoms with E-state index < -0.39 is 36.3 Å². The number of nitrogens with zero attached hydrogens (tertiary/aromatic N) is 1. The average molecular weight is 229 g/mol. The summed E-state index contributed by atoms with van der Waals surface area (Å²) in [6.45, 7) is -0.445. The third kappa shape index (κ3) is 1.92. The van der Waals surface area contributed by atoms with Crippen LogP contribution in [-0.2, 0) is 4.74 Å². The van der Waals surface area contributed by atoms with Crippen LogP contribution in [0.3, 0.4) is 0 Å². The van der Waals surface area contributed by atoms with Crippen molar-refractivity contribution in [1.82, 2.24) is 9.55 Å². The lowest BCUT2D eigenvalue weighted by Crippen LogP contribution is -2.31. The zero-order valence-corrected chi connectivity index (χ0v) is 8.29. The Bertz CT molecular complexity index is 527. The lowest BCUT2D eigenvalue weighted by Gasteiger charge is -2.13. The summed E-state index contributed by atoms with van der Waals surface area (Å²) in [6, 6.07) is 1.08. The molecule has 1 fully saturated rings. The highest BCUT2D eigenvalue weighted by molar-refractivity contribution is 4.88. The molecule has 7 nitrogen and oxygen atoms in total. The molecule has 0 saturated carbocycles. The Labute approximate surface area is 91.3 Å². The monoisotopic (exact) mass is 229 g/mol. The molecule has 0 unspecified atom stereocenters. The van der Waals surface area contributed by atoms with Crippen LogP contribution in [0, 0.1) is 0 Å². The number of aliphatic hydroxyl groups is 2. The number of hydrogen-bond donors (Lipinski definition) is 3. The summed E-state index contributed by atoms with van der Waals surface area (Å²) >= 11 is 0. The van der Waals surface area contributed by atoms with Crippen LogP contribution in [0.5, 0.6) is 0 Å². The Morgan fingerprint density at radius 1 is 1.69 bits per heavy atom. The molecule has 0 spiro atoms. The van der Waals surface area contributed by atoms with Gasteiger partial charge in [0.2, 0.25) is 0 Å². The van der Waals surface area contributed by atoms with Crippen molar-refractivity contribution in [1.29, 1.82) is 0 Å². The second-order valence-corrected chi connectivity index (χ2v) is 3.48. The van der Waals surface area contributed by atoms with E-state index in [-0.39, 0.29) is 6.42 Å². The van der Waals surface area contributed by atoms with Crippen LogP contribution in [0.25, 0.3) is 0 Å². The first-order chi connectivity index (χ1) is 7.96. The normalized spacial score (nSPS) is 35.0. The molecule has 16 heavy (non-hydrogen) atoms. The maximum Gasteiger partial charge on any atom is 0.330 e. The van der Waals surface area contributed by atoms with Crippen molar-refractivity contribution < 1.29 is 16.3 Å². The Kier molecular flexibility index (Phi) is 2.56. The predicted octanol–water partition coefficient (Wildman–Crippen LogP) is -1.82. The first-order valence-electron chi connectivity index (χ1n) is 5.25. The van der Waals surface area contributed by atoms with Crippen LogP contribution in [0.4, 0.5) is 0 Å². The van der Waals surface area contributed by atoms with Gasteiger partial charge in [0, 0.05) is 18.7 Å². The van der Waals surface area contributed by atoms with E-state index in [1.807, 2.05) is 4.98 Å². The number of aromatic amines is 1. The van der Waals surface area contributed by atoms with E-state index >= 15 is 0 Å². The van der Waals surface area contributed by atoms with Gasteiger partial charge in [-0.2, -0.15) is 0 Å². The van der Waals surface area contributed by atoms with Crippen LogP contribution < -0.4 is 11.2 Å². The number of hydrogen-bond acceptors (Lipinski definition) is 5. The van der Waals surface area contributed by atoms with E-state index in [1.54, 1.807) is 0 Å². The van der Waals surface area contributed by atoms with Gasteiger partial charge < -0.3 is 14.9 Å². The first-order valence-corrected chi connectivity index (χ1v) is 4.75. The van der Waals surface area contributed by atoms with Crippen LogP contribution in [-0.4, -0.2) is 38.6 Å². The molecule has 1 saturated heterocycles. The van der Waals surface area contributed by atoms with E-state index in [0.717, 1.165) is 16.8 Å². The van der Waals surface area contributed by atoms with Crippen LogP contribution in [0.15, 0.2) is 21.9 Å². The topological polar surface area (TPSA) is 105 Å². The van der Waals surface area contributed by atoms with Gasteiger partial charge in [0.1, 0.15) is 12.3 Å². The molecule has 3 atom stereocenters. The van der Waals surface area contributed by atoms with Gasteiger partial charge >= 0.3 is 5.69 Å². The minimum Gasteiger partial charge on any atom is -0.394 e. The summed E-state index contributed by atoms with van der Waals surface area (Å²) in [7, 11) is 0. The van der Waals surface area contributed by atoms with Gasteiger partial charge in [0.25, 0.3) is 5.56 Å². The lowest BCUT2D eigenvalue weighted by atomic mass is 10.2. The van der Waals surface area contributed by atoms with E-state index in [9.17, 15) is 14.7 Å². The largest absolute Gasteiger partial charge is 0.394 e. The molecule has 2 heterocycles. The van der Waals surface area contributed by atoms with Gasteiger partial charge in [-0.3, -0.25) is 14.3 Å². The summed E-state index contributed by atoms with van der Waals surface area (Å²) < 4.78 is 13.9. The highest BCUT2D eigenvalue weighted by Gasteiger charge is 2.34. The van der Waals surface area contributed by atoms with E-state index in [4.69, 9.17) is 11.2 Å². The molecular weight excluding hydrogens is 216 g/mol. The van der Waals surface area contributed by atoms with Crippen molar-refractivity contribution in [3.8, 4) is 0 Å². The van der Waals surface area contributed by atoms with Gasteiger partial charge in [-0.1, -0.05) is 0 Å². The van der Waals surface area contributed by atoms with Gasteiger partial charge in [0.15, 0.2) is 0 Å². The van der Waals surface area contributed by atoms with Crippen LogP contribution in [0.1, 0.15) is 14.0 Å². The van der Waals surface area contributed by atoms with Crippen molar-refractivity contribution in [2.24, 2.45) is 0 Å². The minimum atomic E-state index is -1.81. The second kappa shape index (κ2) is 4.20. The van der Waals surface area contributed by atoms with E-state index in [2.05, 4.69) is 0 Å². The fraction of sp³-hybridized carbons (Fsp3) is 0.556. The maximum atomic E-state index is 11.5. The summed E-state index contributed by atoms with van der Waals surface area (Å²) in [5.74, 6) is 0. The first kappa shape index (κ1) is 9.76. The zero-order valence-electron chi connectivity index (χ0n) is 9.29. The molecule has 1 aliphatic rings. The SMILES string of the molecule is [2H][C@]1(n2ccc(=O)[nH]c2=O)C[C@H](O)[C@@H](CO)O1. The van der Waals surface area contributed by atoms with Crippen molar-refractivity contribution in [3.05, 3.63) is 33.1 Å². The molecule has 1 aromatic heterocycles. The third-order valence-corrected chi connectivity index (χ3v) is 2.37. The van der Waals surface area contributed by atoms with E-state index in [0.29, 0.717) is 0 Å². The van der Waals surface area contributed by atoms with Crippen molar-refractivity contribution >= 4 is 0 Å². The highest BCUT2D eigenvalue weighted by Crippen LogP contribution is 2.26. The van der Waals surface area contributed by atoms with Crippen molar-refractivity contribution in [3.63, 3.8) is 0 Å². The van der Waals surface area contributed by atoms with Gasteiger partial charge in [-0.05, 0) is 0 Å². The molecule has 0 aromatic carbocycles. The molecule has 0 amide bonds. The van der Waals surface area contributed by atoms with Gasteiger partial charge in [-0.25, -0.2) is 4.79 Å². The number of H-pyrrole nitrogens is 1. The lowest BCUT2D eigenvalue weighted by molar-refractivity contribution is -0.0459. The summed E-state index contributed by atoms with van der Waals surface area (Å²) in [5.41, 5.74) is -1.37. The number of aliphatic hydroxyl groups excluding tert-OH is 2. The molecule has 2 rings (SSSR count). The number of rotatable bonds is 2. The summed E-state index contributed by atoms with van der Waals surface area (Å²) in [4.78, 5) is 24.4. The molecule has 0 bridgehead atoms. The number of nitrogens with one attached hydrogen (secondary N) is 1. The average Bonchev–Trinajstić information content (AvgIpc) is 2.54. The predicted molar refractivity (Wildman–Crippen MR) is 52.9 cm³/mol. The maximum absolute atomic E-state index is 11.5. The standard InChI is InChI=1S/C9H12N2O5/c12-4-6-5(13)3-8(16-6)11-2-1-7(14)10-9(11)15/h1-2,5-6,8,12-13H,3-4H2,(H,10,14,15)/t5-,6+,8+/m0/s1/i8D. The third-order valence-electron chi connectivity index (χ3n) is 2.37. The molecule has 0 aliphatic carbocycles. The number of aromatic nitrogens is 2. The molecule has 1 aromatic rings. The molecule has 7 heteroatoms. The Morgan fingerprint density at radius 2 is 2.44 bits per heavy atom. The van der Waals surface area contributed by atoms with Crippen LogP contribution in [0.2, 0.25) is 0 Å². The summed E-state index contributed by atoms with van der Waals surface area (Å²) in [5, 5.41) is 18.5. The van der Waals surface area contributed by atoms with Gasteiger partial charge in [-0.15, -0.1) is 0 Å². The highest BCUT2D eigenvalue weighted by atomic mass is 16.5. The van der Waals surface area contributed by atoms with Crippen molar-refractivity contribution in [2.45, 2.75) is 24.8 Å².